The second-order valence-electron chi connectivity index (χ2n) is 6.77. The average molecular weight is 330 g/mol. The van der Waals surface area contributed by atoms with Crippen LogP contribution in [0, 0.1) is 0 Å². The van der Waals surface area contributed by atoms with Gasteiger partial charge in [0.25, 0.3) is 5.91 Å². The fourth-order valence-electron chi connectivity index (χ4n) is 3.81. The molecule has 3 rings (SSSR count). The molecule has 1 aromatic rings. The highest BCUT2D eigenvalue weighted by Crippen LogP contribution is 2.25. The molecule has 2 fully saturated rings. The number of piperidine rings is 1. The van der Waals surface area contributed by atoms with E-state index in [1.165, 1.54) is 0 Å². The van der Waals surface area contributed by atoms with E-state index in [9.17, 15) is 9.59 Å². The van der Waals surface area contributed by atoms with Crippen molar-refractivity contribution in [3.8, 4) is 0 Å². The van der Waals surface area contributed by atoms with Crippen molar-refractivity contribution in [1.82, 2.24) is 10.2 Å². The topological polar surface area (TPSA) is 58.6 Å². The first-order valence-electron chi connectivity index (χ1n) is 8.82. The van der Waals surface area contributed by atoms with Gasteiger partial charge >= 0.3 is 0 Å². The van der Waals surface area contributed by atoms with Gasteiger partial charge in [0.15, 0.2) is 0 Å². The minimum absolute atomic E-state index is 0.0101. The van der Waals surface area contributed by atoms with E-state index < -0.39 is 0 Å². The summed E-state index contributed by atoms with van der Waals surface area (Å²) < 4.78 is 5.66. The number of hydrogen-bond acceptors (Lipinski definition) is 4. The van der Waals surface area contributed by atoms with Crippen molar-refractivity contribution in [3.63, 3.8) is 0 Å². The molecule has 5 nitrogen and oxygen atoms in total. The molecular formula is C19H26N2O3. The average Bonchev–Trinajstić information content (AvgIpc) is 2.63. The number of amides is 1. The molecule has 1 amide bonds. The van der Waals surface area contributed by atoms with Crippen molar-refractivity contribution in [2.45, 2.75) is 50.3 Å². The van der Waals surface area contributed by atoms with E-state index in [1.54, 1.807) is 7.11 Å². The van der Waals surface area contributed by atoms with Crippen LogP contribution in [0.4, 0.5) is 0 Å². The van der Waals surface area contributed by atoms with E-state index in [1.807, 2.05) is 30.3 Å². The predicted molar refractivity (Wildman–Crippen MR) is 91.9 cm³/mol. The minimum Gasteiger partial charge on any atom is -0.378 e. The summed E-state index contributed by atoms with van der Waals surface area (Å²) in [5.74, 6) is 0.346. The summed E-state index contributed by atoms with van der Waals surface area (Å²) in [5.41, 5.74) is 0.681. The van der Waals surface area contributed by atoms with Crippen LogP contribution < -0.4 is 5.32 Å². The first-order valence-corrected chi connectivity index (χ1v) is 8.82. The van der Waals surface area contributed by atoms with Gasteiger partial charge < -0.3 is 10.1 Å². The Balaban J connectivity index is 1.57. The molecule has 0 radical (unpaired) electrons. The summed E-state index contributed by atoms with van der Waals surface area (Å²) in [7, 11) is 1.71. The number of carbonyl (C=O) groups is 2. The standard InChI is InChI=1S/C19H26N2O3/c1-24-18-13-21(15-7-9-16(22)10-8-15)12-11-17(18)20-19(23)14-5-3-2-4-6-14/h2-6,15,17-18H,7-13H2,1H3,(H,20,23). The molecular weight excluding hydrogens is 304 g/mol. The number of carbonyl (C=O) groups excluding carboxylic acids is 2. The summed E-state index contributed by atoms with van der Waals surface area (Å²) in [4.78, 5) is 26.2. The lowest BCUT2D eigenvalue weighted by Crippen LogP contribution is -2.57. The zero-order chi connectivity index (χ0) is 16.9. The number of ether oxygens (including phenoxy) is 1. The molecule has 0 spiro atoms. The Morgan fingerprint density at radius 3 is 2.54 bits per heavy atom. The Labute approximate surface area is 143 Å². The first kappa shape index (κ1) is 17.1. The highest BCUT2D eigenvalue weighted by Gasteiger charge is 2.34. The number of methoxy groups -OCH3 is 1. The zero-order valence-electron chi connectivity index (χ0n) is 14.2. The number of nitrogens with zero attached hydrogens (tertiary/aromatic N) is 1. The Kier molecular flexibility index (Phi) is 5.63. The summed E-state index contributed by atoms with van der Waals surface area (Å²) in [5, 5.41) is 3.12. The SMILES string of the molecule is COC1CN(C2CCC(=O)CC2)CCC1NC(=O)c1ccccc1. The van der Waals surface area contributed by atoms with Gasteiger partial charge in [-0.3, -0.25) is 14.5 Å². The van der Waals surface area contributed by atoms with Gasteiger partial charge in [0, 0.05) is 44.6 Å². The Morgan fingerprint density at radius 1 is 1.17 bits per heavy atom. The molecule has 2 aliphatic rings. The fourth-order valence-corrected chi connectivity index (χ4v) is 3.81. The maximum absolute atomic E-state index is 12.4. The van der Waals surface area contributed by atoms with Gasteiger partial charge in [0.2, 0.25) is 0 Å². The molecule has 2 unspecified atom stereocenters. The van der Waals surface area contributed by atoms with E-state index in [0.717, 1.165) is 32.4 Å². The maximum atomic E-state index is 12.4. The van der Waals surface area contributed by atoms with Crippen LogP contribution in [0.5, 0.6) is 0 Å². The molecule has 130 valence electrons. The van der Waals surface area contributed by atoms with Crippen LogP contribution in [-0.2, 0) is 9.53 Å². The molecule has 0 aromatic heterocycles. The first-order chi connectivity index (χ1) is 11.7. The van der Waals surface area contributed by atoms with Crippen molar-refractivity contribution in [2.24, 2.45) is 0 Å². The lowest BCUT2D eigenvalue weighted by Gasteiger charge is -2.42. The highest BCUT2D eigenvalue weighted by molar-refractivity contribution is 5.94. The Bertz CT molecular complexity index is 565. The number of benzene rings is 1. The van der Waals surface area contributed by atoms with Crippen molar-refractivity contribution >= 4 is 11.7 Å². The summed E-state index contributed by atoms with van der Waals surface area (Å²) in [6.07, 6.45) is 4.18. The number of ketones is 1. The molecule has 1 aromatic carbocycles. The summed E-state index contributed by atoms with van der Waals surface area (Å²) >= 11 is 0. The second kappa shape index (κ2) is 7.90. The molecule has 1 saturated carbocycles. The van der Waals surface area contributed by atoms with Gasteiger partial charge in [-0.15, -0.1) is 0 Å². The van der Waals surface area contributed by atoms with Crippen molar-refractivity contribution < 1.29 is 14.3 Å². The van der Waals surface area contributed by atoms with Gasteiger partial charge in [-0.05, 0) is 31.4 Å². The Morgan fingerprint density at radius 2 is 1.88 bits per heavy atom. The predicted octanol–water partition coefficient (Wildman–Crippen LogP) is 2.02. The van der Waals surface area contributed by atoms with Crippen LogP contribution in [0.2, 0.25) is 0 Å². The van der Waals surface area contributed by atoms with Gasteiger partial charge in [0.1, 0.15) is 5.78 Å². The van der Waals surface area contributed by atoms with E-state index in [0.29, 0.717) is 30.2 Å². The molecule has 2 atom stereocenters. The molecule has 1 aliphatic heterocycles. The molecule has 1 saturated heterocycles. The van der Waals surface area contributed by atoms with Crippen LogP contribution in [0.1, 0.15) is 42.5 Å². The number of rotatable bonds is 4. The number of nitrogens with one attached hydrogen (secondary N) is 1. The van der Waals surface area contributed by atoms with E-state index in [2.05, 4.69) is 10.2 Å². The smallest absolute Gasteiger partial charge is 0.251 e. The van der Waals surface area contributed by atoms with Crippen molar-refractivity contribution in [1.29, 1.82) is 0 Å². The zero-order valence-corrected chi connectivity index (χ0v) is 14.2. The lowest BCUT2D eigenvalue weighted by molar-refractivity contribution is -0.121. The van der Waals surface area contributed by atoms with Crippen LogP contribution in [-0.4, -0.2) is 55.0 Å². The van der Waals surface area contributed by atoms with Gasteiger partial charge in [-0.1, -0.05) is 18.2 Å². The maximum Gasteiger partial charge on any atom is 0.251 e. The van der Waals surface area contributed by atoms with Crippen molar-refractivity contribution in [3.05, 3.63) is 35.9 Å². The van der Waals surface area contributed by atoms with Crippen LogP contribution in [0.3, 0.4) is 0 Å². The summed E-state index contributed by atoms with van der Waals surface area (Å²) in [6.45, 7) is 1.76. The molecule has 1 heterocycles. The quantitative estimate of drug-likeness (QED) is 0.917. The van der Waals surface area contributed by atoms with Crippen LogP contribution >= 0.6 is 0 Å². The third-order valence-corrected chi connectivity index (χ3v) is 5.27. The third-order valence-electron chi connectivity index (χ3n) is 5.27. The fraction of sp³-hybridized carbons (Fsp3) is 0.579. The molecule has 0 bridgehead atoms. The molecule has 5 heteroatoms. The van der Waals surface area contributed by atoms with Gasteiger partial charge in [-0.2, -0.15) is 0 Å². The van der Waals surface area contributed by atoms with Crippen LogP contribution in [0.25, 0.3) is 0 Å². The summed E-state index contributed by atoms with van der Waals surface area (Å²) in [6, 6.07) is 9.81. The Hall–Kier alpha value is -1.72. The van der Waals surface area contributed by atoms with Crippen LogP contribution in [0.15, 0.2) is 30.3 Å². The van der Waals surface area contributed by atoms with E-state index in [-0.39, 0.29) is 18.1 Å². The molecule has 24 heavy (non-hydrogen) atoms. The monoisotopic (exact) mass is 330 g/mol. The second-order valence-corrected chi connectivity index (χ2v) is 6.77. The lowest BCUT2D eigenvalue weighted by atomic mass is 9.90. The normalized spacial score (nSPS) is 26.3. The van der Waals surface area contributed by atoms with Gasteiger partial charge in [0.05, 0.1) is 12.1 Å². The third kappa shape index (κ3) is 4.02. The molecule has 1 N–H and O–H groups in total. The molecule has 1 aliphatic carbocycles. The number of likely N-dealkylation sites (tertiary alicyclic amines) is 1. The van der Waals surface area contributed by atoms with E-state index >= 15 is 0 Å². The number of Topliss-reactive ketones (excluding diaryl/α,β-unsaturated/α-hetero) is 1. The highest BCUT2D eigenvalue weighted by atomic mass is 16.5. The van der Waals surface area contributed by atoms with Crippen molar-refractivity contribution in [2.75, 3.05) is 20.2 Å². The number of hydrogen-bond donors (Lipinski definition) is 1. The minimum atomic E-state index is -0.0423. The largest absolute Gasteiger partial charge is 0.378 e. The van der Waals surface area contributed by atoms with E-state index in [4.69, 9.17) is 4.74 Å². The van der Waals surface area contributed by atoms with Gasteiger partial charge in [-0.25, -0.2) is 0 Å².